The molecule has 0 radical (unpaired) electrons. The van der Waals surface area contributed by atoms with Gasteiger partial charge in [0, 0.05) is 22.3 Å². The SMILES string of the molecule is CC1C(NC(=O)c2ccc3sccc3c2)C2CCN1CC2.Cl. The van der Waals surface area contributed by atoms with Crippen LogP contribution >= 0.6 is 23.7 Å². The largest absolute Gasteiger partial charge is 0.347 e. The molecule has 1 N–H and O–H groups in total. The van der Waals surface area contributed by atoms with Crippen molar-refractivity contribution < 1.29 is 4.79 Å². The van der Waals surface area contributed by atoms with Gasteiger partial charge in [0.25, 0.3) is 5.91 Å². The minimum Gasteiger partial charge on any atom is -0.347 e. The molecular formula is C17H21ClN2OS. The molecule has 0 aliphatic carbocycles. The smallest absolute Gasteiger partial charge is 0.251 e. The van der Waals surface area contributed by atoms with Gasteiger partial charge in [-0.05, 0) is 73.8 Å². The lowest BCUT2D eigenvalue weighted by atomic mass is 9.79. The Morgan fingerprint density at radius 2 is 2.05 bits per heavy atom. The van der Waals surface area contributed by atoms with Gasteiger partial charge in [-0.15, -0.1) is 23.7 Å². The summed E-state index contributed by atoms with van der Waals surface area (Å²) in [5.74, 6) is 0.729. The Morgan fingerprint density at radius 3 is 2.77 bits per heavy atom. The third-order valence-corrected chi connectivity index (χ3v) is 6.09. The van der Waals surface area contributed by atoms with E-state index >= 15 is 0 Å². The molecule has 2 bridgehead atoms. The molecule has 3 aliphatic heterocycles. The summed E-state index contributed by atoms with van der Waals surface area (Å²) < 4.78 is 1.24. The van der Waals surface area contributed by atoms with E-state index in [2.05, 4.69) is 34.7 Å². The number of piperidine rings is 3. The van der Waals surface area contributed by atoms with Crippen LogP contribution in [0.2, 0.25) is 0 Å². The minimum atomic E-state index is 0. The van der Waals surface area contributed by atoms with E-state index in [4.69, 9.17) is 0 Å². The van der Waals surface area contributed by atoms with Gasteiger partial charge in [0.15, 0.2) is 0 Å². The average molecular weight is 337 g/mol. The summed E-state index contributed by atoms with van der Waals surface area (Å²) in [5.41, 5.74) is 0.782. The summed E-state index contributed by atoms with van der Waals surface area (Å²) in [7, 11) is 0. The number of rotatable bonds is 2. The Bertz CT molecular complexity index is 676. The summed E-state index contributed by atoms with van der Waals surface area (Å²) in [6.07, 6.45) is 2.44. The number of fused-ring (bicyclic) bond motifs is 4. The van der Waals surface area contributed by atoms with Gasteiger partial charge in [0.2, 0.25) is 0 Å². The van der Waals surface area contributed by atoms with Gasteiger partial charge < -0.3 is 5.32 Å². The molecule has 3 fully saturated rings. The van der Waals surface area contributed by atoms with E-state index in [1.54, 1.807) is 11.3 Å². The van der Waals surface area contributed by atoms with Crippen molar-refractivity contribution in [3.63, 3.8) is 0 Å². The van der Waals surface area contributed by atoms with Gasteiger partial charge in [-0.25, -0.2) is 0 Å². The zero-order chi connectivity index (χ0) is 14.4. The Morgan fingerprint density at radius 1 is 1.27 bits per heavy atom. The number of amides is 1. The molecule has 1 amide bonds. The van der Waals surface area contributed by atoms with E-state index in [-0.39, 0.29) is 18.3 Å². The molecule has 2 atom stereocenters. The van der Waals surface area contributed by atoms with Crippen LogP contribution in [0.3, 0.4) is 0 Å². The van der Waals surface area contributed by atoms with Crippen LogP contribution in [0, 0.1) is 5.92 Å². The molecule has 118 valence electrons. The zero-order valence-corrected chi connectivity index (χ0v) is 14.3. The maximum absolute atomic E-state index is 12.6. The first-order valence-electron chi connectivity index (χ1n) is 7.74. The van der Waals surface area contributed by atoms with E-state index in [1.165, 1.54) is 30.6 Å². The molecule has 1 aromatic heterocycles. The molecule has 2 unspecified atom stereocenters. The summed E-state index contributed by atoms with van der Waals surface area (Å²) in [4.78, 5) is 15.1. The van der Waals surface area contributed by atoms with Crippen molar-refractivity contribution in [3.05, 3.63) is 35.2 Å². The molecule has 5 heteroatoms. The molecule has 2 aromatic rings. The van der Waals surface area contributed by atoms with Crippen molar-refractivity contribution >= 4 is 39.7 Å². The van der Waals surface area contributed by atoms with Crippen LogP contribution in [0.15, 0.2) is 29.6 Å². The number of carbonyl (C=O) groups excluding carboxylic acids is 1. The van der Waals surface area contributed by atoms with Gasteiger partial charge in [0.05, 0.1) is 0 Å². The first kappa shape index (κ1) is 15.8. The third-order valence-electron chi connectivity index (χ3n) is 5.19. The lowest BCUT2D eigenvalue weighted by Crippen LogP contribution is -2.62. The predicted octanol–water partition coefficient (Wildman–Crippen LogP) is 3.54. The van der Waals surface area contributed by atoms with Crippen LogP contribution in [0.4, 0.5) is 0 Å². The maximum Gasteiger partial charge on any atom is 0.251 e. The van der Waals surface area contributed by atoms with Gasteiger partial charge >= 0.3 is 0 Å². The normalized spacial score (nSPS) is 30.0. The van der Waals surface area contributed by atoms with Gasteiger partial charge in [0.1, 0.15) is 0 Å². The van der Waals surface area contributed by atoms with Gasteiger partial charge in [-0.2, -0.15) is 0 Å². The summed E-state index contributed by atoms with van der Waals surface area (Å²) in [6.45, 7) is 4.64. The second kappa shape index (κ2) is 6.19. The van der Waals surface area contributed by atoms with E-state index in [9.17, 15) is 4.79 Å². The van der Waals surface area contributed by atoms with E-state index in [0.717, 1.165) is 10.9 Å². The zero-order valence-electron chi connectivity index (χ0n) is 12.6. The Hall–Kier alpha value is -1.10. The van der Waals surface area contributed by atoms with Crippen LogP contribution in [-0.4, -0.2) is 36.0 Å². The number of thiophene rings is 1. The molecule has 22 heavy (non-hydrogen) atoms. The molecule has 3 aliphatic rings. The molecule has 0 spiro atoms. The van der Waals surface area contributed by atoms with Crippen LogP contribution in [0.5, 0.6) is 0 Å². The van der Waals surface area contributed by atoms with Crippen LogP contribution in [0.1, 0.15) is 30.1 Å². The number of benzene rings is 1. The van der Waals surface area contributed by atoms with Gasteiger partial charge in [-0.3, -0.25) is 9.69 Å². The Labute approximate surface area is 141 Å². The minimum absolute atomic E-state index is 0. The monoisotopic (exact) mass is 336 g/mol. The highest BCUT2D eigenvalue weighted by atomic mass is 35.5. The quantitative estimate of drug-likeness (QED) is 0.909. The fraction of sp³-hybridized carbons (Fsp3) is 0.471. The van der Waals surface area contributed by atoms with Crippen molar-refractivity contribution in [1.29, 1.82) is 0 Å². The standard InChI is InChI=1S/C17H20N2OS.ClH/c1-11-16(12-4-7-19(11)8-5-12)18-17(20)14-2-3-15-13(10-14)6-9-21-15;/h2-3,6,9-12,16H,4-5,7-8H2,1H3,(H,18,20);1H. The summed E-state index contributed by atoms with van der Waals surface area (Å²) in [5, 5.41) is 6.53. The van der Waals surface area contributed by atoms with Crippen LogP contribution in [0.25, 0.3) is 10.1 Å². The van der Waals surface area contributed by atoms with Crippen molar-refractivity contribution in [2.75, 3.05) is 13.1 Å². The number of hydrogen-bond donors (Lipinski definition) is 1. The maximum atomic E-state index is 12.6. The second-order valence-electron chi connectivity index (χ2n) is 6.29. The second-order valence-corrected chi connectivity index (χ2v) is 7.23. The molecule has 4 heterocycles. The molecule has 0 saturated carbocycles. The Kier molecular flexibility index (Phi) is 4.44. The van der Waals surface area contributed by atoms with Crippen molar-refractivity contribution in [1.82, 2.24) is 10.2 Å². The summed E-state index contributed by atoms with van der Waals surface area (Å²) in [6, 6.07) is 8.85. The topological polar surface area (TPSA) is 32.3 Å². The highest BCUT2D eigenvalue weighted by Crippen LogP contribution is 2.32. The van der Waals surface area contributed by atoms with Gasteiger partial charge in [-0.1, -0.05) is 0 Å². The highest BCUT2D eigenvalue weighted by molar-refractivity contribution is 7.17. The molecule has 3 saturated heterocycles. The van der Waals surface area contributed by atoms with Crippen molar-refractivity contribution in [2.45, 2.75) is 31.8 Å². The lowest BCUT2D eigenvalue weighted by molar-refractivity contribution is 0.0217. The molecule has 1 aromatic carbocycles. The molecule has 3 nitrogen and oxygen atoms in total. The predicted molar refractivity (Wildman–Crippen MR) is 94.1 cm³/mol. The van der Waals surface area contributed by atoms with Crippen LogP contribution in [-0.2, 0) is 0 Å². The van der Waals surface area contributed by atoms with Crippen LogP contribution < -0.4 is 5.32 Å². The first-order valence-corrected chi connectivity index (χ1v) is 8.62. The molecule has 5 rings (SSSR count). The number of halogens is 1. The number of nitrogens with one attached hydrogen (secondary N) is 1. The van der Waals surface area contributed by atoms with Crippen molar-refractivity contribution in [3.8, 4) is 0 Å². The fourth-order valence-electron chi connectivity index (χ4n) is 3.89. The number of carbonyl (C=O) groups is 1. The highest BCUT2D eigenvalue weighted by Gasteiger charge is 2.40. The fourth-order valence-corrected chi connectivity index (χ4v) is 4.66. The van der Waals surface area contributed by atoms with E-state index < -0.39 is 0 Å². The number of hydrogen-bond acceptors (Lipinski definition) is 3. The third kappa shape index (κ3) is 2.64. The van der Waals surface area contributed by atoms with E-state index in [0.29, 0.717) is 18.0 Å². The Balaban J connectivity index is 0.00000144. The average Bonchev–Trinajstić information content (AvgIpc) is 2.98. The summed E-state index contributed by atoms with van der Waals surface area (Å²) >= 11 is 1.72. The lowest BCUT2D eigenvalue weighted by Gasteiger charge is -2.49. The number of nitrogens with zero attached hydrogens (tertiary/aromatic N) is 1. The molecular weight excluding hydrogens is 316 g/mol. The van der Waals surface area contributed by atoms with E-state index in [1.807, 2.05) is 12.1 Å². The first-order chi connectivity index (χ1) is 10.2. The van der Waals surface area contributed by atoms with Crippen molar-refractivity contribution in [2.24, 2.45) is 5.92 Å².